The second-order valence-electron chi connectivity index (χ2n) is 5.82. The molecule has 0 fully saturated rings. The van der Waals surface area contributed by atoms with Crippen molar-refractivity contribution in [2.75, 3.05) is 22.9 Å². The Morgan fingerprint density at radius 3 is 2.54 bits per heavy atom. The molecule has 0 radical (unpaired) electrons. The lowest BCUT2D eigenvalue weighted by molar-refractivity contribution is -0.118. The van der Waals surface area contributed by atoms with Crippen LogP contribution in [0.2, 0.25) is 0 Å². The van der Waals surface area contributed by atoms with Crippen LogP contribution in [-0.2, 0) is 16.0 Å². The number of rotatable bonds is 4. The Kier molecular flexibility index (Phi) is 4.60. The molecule has 0 atom stereocenters. The lowest BCUT2D eigenvalue weighted by Gasteiger charge is -2.23. The van der Waals surface area contributed by atoms with E-state index in [4.69, 9.17) is 0 Å². The normalized spacial score (nSPS) is 12.8. The first-order valence-electron chi connectivity index (χ1n) is 7.98. The Bertz CT molecular complexity index is 758. The Morgan fingerprint density at radius 2 is 1.83 bits per heavy atom. The molecule has 0 aliphatic carbocycles. The molecule has 1 aliphatic heterocycles. The SMILES string of the molecule is CC(=O)N(CCC(=O)N1CCc2ccccc21)c1ccc(F)cc1. The summed E-state index contributed by atoms with van der Waals surface area (Å²) in [4.78, 5) is 27.7. The van der Waals surface area contributed by atoms with Gasteiger partial charge in [-0.05, 0) is 42.3 Å². The fraction of sp³-hybridized carbons (Fsp3) is 0.263. The second kappa shape index (κ2) is 6.83. The summed E-state index contributed by atoms with van der Waals surface area (Å²) in [6.45, 7) is 2.40. The summed E-state index contributed by atoms with van der Waals surface area (Å²) in [7, 11) is 0. The van der Waals surface area contributed by atoms with Gasteiger partial charge < -0.3 is 9.80 Å². The van der Waals surface area contributed by atoms with Crippen LogP contribution < -0.4 is 9.80 Å². The van der Waals surface area contributed by atoms with Crippen LogP contribution in [0.15, 0.2) is 48.5 Å². The average molecular weight is 326 g/mol. The Morgan fingerprint density at radius 1 is 1.12 bits per heavy atom. The van der Waals surface area contributed by atoms with E-state index in [1.165, 1.54) is 29.5 Å². The summed E-state index contributed by atoms with van der Waals surface area (Å²) >= 11 is 0. The minimum Gasteiger partial charge on any atom is -0.312 e. The van der Waals surface area contributed by atoms with Crippen molar-refractivity contribution >= 4 is 23.2 Å². The maximum Gasteiger partial charge on any atom is 0.228 e. The van der Waals surface area contributed by atoms with Crippen LogP contribution >= 0.6 is 0 Å². The molecule has 1 aliphatic rings. The molecule has 5 heteroatoms. The summed E-state index contributed by atoms with van der Waals surface area (Å²) < 4.78 is 13.0. The molecule has 2 amide bonds. The zero-order valence-electron chi connectivity index (χ0n) is 13.5. The first kappa shape index (κ1) is 16.2. The minimum absolute atomic E-state index is 0.00619. The average Bonchev–Trinajstić information content (AvgIpc) is 3.00. The van der Waals surface area contributed by atoms with Crippen molar-refractivity contribution < 1.29 is 14.0 Å². The molecular weight excluding hydrogens is 307 g/mol. The molecule has 0 unspecified atom stereocenters. The van der Waals surface area contributed by atoms with Crippen LogP contribution in [0.3, 0.4) is 0 Å². The Hall–Kier alpha value is -2.69. The Balaban J connectivity index is 1.68. The summed E-state index contributed by atoms with van der Waals surface area (Å²) in [6, 6.07) is 13.6. The van der Waals surface area contributed by atoms with Crippen LogP contribution in [0.4, 0.5) is 15.8 Å². The van der Waals surface area contributed by atoms with Crippen LogP contribution in [-0.4, -0.2) is 24.9 Å². The first-order chi connectivity index (χ1) is 11.6. The van der Waals surface area contributed by atoms with Crippen molar-refractivity contribution in [3.63, 3.8) is 0 Å². The smallest absolute Gasteiger partial charge is 0.228 e. The molecule has 2 aromatic carbocycles. The van der Waals surface area contributed by atoms with Crippen molar-refractivity contribution in [2.24, 2.45) is 0 Å². The van der Waals surface area contributed by atoms with Gasteiger partial charge >= 0.3 is 0 Å². The zero-order chi connectivity index (χ0) is 17.1. The van der Waals surface area contributed by atoms with Crippen LogP contribution in [0.25, 0.3) is 0 Å². The topological polar surface area (TPSA) is 40.6 Å². The molecule has 124 valence electrons. The lowest BCUT2D eigenvalue weighted by atomic mass is 10.2. The summed E-state index contributed by atoms with van der Waals surface area (Å²) in [5.74, 6) is -0.531. The van der Waals surface area contributed by atoms with Gasteiger partial charge in [-0.25, -0.2) is 4.39 Å². The Labute approximate surface area is 140 Å². The molecule has 2 aromatic rings. The fourth-order valence-corrected chi connectivity index (χ4v) is 3.03. The number of para-hydroxylation sites is 1. The molecular formula is C19H19FN2O2. The van der Waals surface area contributed by atoms with Gasteiger partial charge in [-0.2, -0.15) is 0 Å². The maximum absolute atomic E-state index is 13.0. The predicted molar refractivity (Wildman–Crippen MR) is 91.5 cm³/mol. The van der Waals surface area contributed by atoms with E-state index in [1.807, 2.05) is 24.3 Å². The van der Waals surface area contributed by atoms with Gasteiger partial charge in [0.1, 0.15) is 5.82 Å². The van der Waals surface area contributed by atoms with Crippen LogP contribution in [0.5, 0.6) is 0 Å². The molecule has 4 nitrogen and oxygen atoms in total. The molecule has 0 bridgehead atoms. The molecule has 0 N–H and O–H groups in total. The predicted octanol–water partition coefficient (Wildman–Crippen LogP) is 3.16. The van der Waals surface area contributed by atoms with E-state index in [9.17, 15) is 14.0 Å². The quantitative estimate of drug-likeness (QED) is 0.866. The number of carbonyl (C=O) groups excluding carboxylic acids is 2. The largest absolute Gasteiger partial charge is 0.312 e. The third-order valence-corrected chi connectivity index (χ3v) is 4.26. The van der Waals surface area contributed by atoms with E-state index in [1.54, 1.807) is 17.0 Å². The van der Waals surface area contributed by atoms with Gasteiger partial charge in [0.05, 0.1) is 0 Å². The number of carbonyl (C=O) groups is 2. The van der Waals surface area contributed by atoms with Gasteiger partial charge in [-0.3, -0.25) is 9.59 Å². The molecule has 0 spiro atoms. The van der Waals surface area contributed by atoms with Crippen molar-refractivity contribution in [3.05, 3.63) is 59.9 Å². The molecule has 3 rings (SSSR count). The number of amides is 2. The third kappa shape index (κ3) is 3.30. The van der Waals surface area contributed by atoms with Gasteiger partial charge in [0.2, 0.25) is 11.8 Å². The molecule has 0 aromatic heterocycles. The van der Waals surface area contributed by atoms with Crippen LogP contribution in [0.1, 0.15) is 18.9 Å². The number of fused-ring (bicyclic) bond motifs is 1. The second-order valence-corrected chi connectivity index (χ2v) is 5.82. The van der Waals surface area contributed by atoms with E-state index < -0.39 is 0 Å². The monoisotopic (exact) mass is 326 g/mol. The van der Waals surface area contributed by atoms with E-state index in [2.05, 4.69) is 0 Å². The van der Waals surface area contributed by atoms with Gasteiger partial charge in [-0.15, -0.1) is 0 Å². The van der Waals surface area contributed by atoms with E-state index >= 15 is 0 Å². The summed E-state index contributed by atoms with van der Waals surface area (Å²) in [5.41, 5.74) is 2.73. The third-order valence-electron chi connectivity index (χ3n) is 4.26. The maximum atomic E-state index is 13.0. The van der Waals surface area contributed by atoms with Crippen molar-refractivity contribution in [1.82, 2.24) is 0 Å². The van der Waals surface area contributed by atoms with Gasteiger partial charge in [-0.1, -0.05) is 18.2 Å². The number of hydrogen-bond donors (Lipinski definition) is 0. The minimum atomic E-state index is -0.355. The number of nitrogens with zero attached hydrogens (tertiary/aromatic N) is 2. The van der Waals surface area contributed by atoms with Crippen molar-refractivity contribution in [1.29, 1.82) is 0 Å². The number of hydrogen-bond acceptors (Lipinski definition) is 2. The van der Waals surface area contributed by atoms with Crippen molar-refractivity contribution in [3.8, 4) is 0 Å². The standard InChI is InChI=1S/C19H19FN2O2/c1-14(23)21(17-8-6-16(20)7-9-17)13-11-19(24)22-12-10-15-4-2-3-5-18(15)22/h2-9H,10-13H2,1H3. The highest BCUT2D eigenvalue weighted by Gasteiger charge is 2.24. The lowest BCUT2D eigenvalue weighted by Crippen LogP contribution is -2.35. The fourth-order valence-electron chi connectivity index (χ4n) is 3.03. The molecule has 1 heterocycles. The summed E-state index contributed by atoms with van der Waals surface area (Å²) in [6.07, 6.45) is 1.08. The number of benzene rings is 2. The highest BCUT2D eigenvalue weighted by atomic mass is 19.1. The number of anilines is 2. The first-order valence-corrected chi connectivity index (χ1v) is 7.98. The molecule has 0 saturated heterocycles. The van der Waals surface area contributed by atoms with Gasteiger partial charge in [0.15, 0.2) is 0 Å². The van der Waals surface area contributed by atoms with Gasteiger partial charge in [0.25, 0.3) is 0 Å². The zero-order valence-corrected chi connectivity index (χ0v) is 13.5. The molecule has 0 saturated carbocycles. The number of halogens is 1. The van der Waals surface area contributed by atoms with Gasteiger partial charge in [0, 0.05) is 37.8 Å². The molecule has 24 heavy (non-hydrogen) atoms. The van der Waals surface area contributed by atoms with E-state index in [-0.39, 0.29) is 30.6 Å². The highest BCUT2D eigenvalue weighted by molar-refractivity contribution is 5.97. The highest BCUT2D eigenvalue weighted by Crippen LogP contribution is 2.28. The van der Waals surface area contributed by atoms with Crippen LogP contribution in [0, 0.1) is 5.82 Å². The van der Waals surface area contributed by atoms with E-state index in [0.717, 1.165) is 12.1 Å². The van der Waals surface area contributed by atoms with E-state index in [0.29, 0.717) is 12.2 Å². The van der Waals surface area contributed by atoms with Crippen molar-refractivity contribution in [2.45, 2.75) is 19.8 Å². The summed E-state index contributed by atoms with van der Waals surface area (Å²) in [5, 5.41) is 0.